The third kappa shape index (κ3) is 5.15. The molecule has 1 saturated carbocycles. The fraction of sp³-hybridized carbons (Fsp3) is 0.571. The number of hydroxylamine groups is 2. The number of amides is 3. The van der Waals surface area contributed by atoms with Crippen molar-refractivity contribution in [3.05, 3.63) is 23.8 Å². The van der Waals surface area contributed by atoms with Crippen molar-refractivity contribution in [1.29, 1.82) is 0 Å². The van der Waals surface area contributed by atoms with Crippen molar-refractivity contribution < 1.29 is 38.6 Å². The predicted octanol–water partition coefficient (Wildman–Crippen LogP) is 2.00. The Morgan fingerprint density at radius 1 is 1.21 bits per heavy atom. The number of anilines is 2. The van der Waals surface area contributed by atoms with Crippen LogP contribution in [0.2, 0.25) is 0 Å². The molecule has 0 bridgehead atoms. The maximum absolute atomic E-state index is 15.0. The monoisotopic (exact) mass is 472 g/mol. The van der Waals surface area contributed by atoms with Gasteiger partial charge in [-0.15, -0.1) is 0 Å². The summed E-state index contributed by atoms with van der Waals surface area (Å²) in [6, 6.07) is 2.06. The molecule has 2 atom stereocenters. The molecule has 2 saturated heterocycles. The molecule has 1 N–H and O–H groups in total. The summed E-state index contributed by atoms with van der Waals surface area (Å²) in [7, 11) is 0. The highest BCUT2D eigenvalue weighted by Gasteiger charge is 2.36. The van der Waals surface area contributed by atoms with Crippen LogP contribution in [-0.4, -0.2) is 74.6 Å². The van der Waals surface area contributed by atoms with E-state index in [1.54, 1.807) is 0 Å². The van der Waals surface area contributed by atoms with Crippen molar-refractivity contribution in [3.63, 3.8) is 0 Å². The van der Waals surface area contributed by atoms with Gasteiger partial charge in [0, 0.05) is 32.6 Å². The molecule has 182 valence electrons. The number of hydrogen-bond donors (Lipinski definition) is 1. The van der Waals surface area contributed by atoms with Crippen molar-refractivity contribution in [2.45, 2.75) is 32.0 Å². The Kier molecular flexibility index (Phi) is 6.63. The Balaban J connectivity index is 0.00000324. The normalized spacial score (nSPS) is 22.1. The van der Waals surface area contributed by atoms with Crippen LogP contribution in [0.25, 0.3) is 0 Å². The molecule has 2 heterocycles. The van der Waals surface area contributed by atoms with Crippen molar-refractivity contribution in [1.82, 2.24) is 10.4 Å². The van der Waals surface area contributed by atoms with Crippen molar-refractivity contribution in [3.8, 4) is 0 Å². The molecule has 3 amide bonds. The summed E-state index contributed by atoms with van der Waals surface area (Å²) >= 11 is 0. The second-order valence-corrected chi connectivity index (χ2v) is 8.27. The first kappa shape index (κ1) is 23.1. The zero-order chi connectivity index (χ0) is 23.7. The van der Waals surface area contributed by atoms with Gasteiger partial charge in [0.05, 0.1) is 31.9 Å². The van der Waals surface area contributed by atoms with E-state index in [-0.39, 0.29) is 64.0 Å². The Labute approximate surface area is 189 Å². The molecule has 9 nitrogen and oxygen atoms in total. The van der Waals surface area contributed by atoms with Gasteiger partial charge in [-0.1, -0.05) is 0 Å². The number of benzene rings is 1. The molecule has 1 aromatic rings. The van der Waals surface area contributed by atoms with Gasteiger partial charge in [-0.05, 0) is 19.8 Å². The lowest BCUT2D eigenvalue weighted by Crippen LogP contribution is -2.38. The van der Waals surface area contributed by atoms with Crippen LogP contribution < -0.4 is 15.1 Å². The van der Waals surface area contributed by atoms with E-state index in [1.165, 1.54) is 9.96 Å². The molecular weight excluding hydrogens is 445 g/mol. The second kappa shape index (κ2) is 9.46. The highest BCUT2D eigenvalue weighted by atomic mass is 19.1. The minimum atomic E-state index is -1.71. The summed E-state index contributed by atoms with van der Waals surface area (Å²) in [5.41, 5.74) is -0.306. The molecule has 33 heavy (non-hydrogen) atoms. The summed E-state index contributed by atoms with van der Waals surface area (Å²) in [4.78, 5) is 43.7. The van der Waals surface area contributed by atoms with Crippen LogP contribution in [0.3, 0.4) is 0 Å². The molecule has 4 rings (SSSR count). The minimum absolute atomic E-state index is 0. The van der Waals surface area contributed by atoms with Gasteiger partial charge in [0.25, 0.3) is 5.91 Å². The Morgan fingerprint density at radius 2 is 1.91 bits per heavy atom. The lowest BCUT2D eigenvalue weighted by Gasteiger charge is -2.24. The van der Waals surface area contributed by atoms with Gasteiger partial charge >= 0.3 is 6.09 Å². The number of rotatable bonds is 6. The number of nitrogens with one attached hydrogen (secondary N) is 1. The van der Waals surface area contributed by atoms with E-state index < -0.39 is 35.9 Å². The number of carbonyl (C=O) groups excluding carboxylic acids is 3. The number of carbonyl (C=O) groups is 3. The predicted molar refractivity (Wildman–Crippen MR) is 112 cm³/mol. The van der Waals surface area contributed by atoms with Crippen LogP contribution in [-0.2, 0) is 19.2 Å². The maximum atomic E-state index is 15.0. The van der Waals surface area contributed by atoms with E-state index in [1.807, 2.05) is 0 Å². The molecule has 2 aliphatic heterocycles. The first-order valence-electron chi connectivity index (χ1n) is 10.8. The third-order valence-corrected chi connectivity index (χ3v) is 5.72. The molecule has 1 aliphatic carbocycles. The number of halogens is 3. The zero-order valence-electron chi connectivity index (χ0n) is 18.1. The van der Waals surface area contributed by atoms with Gasteiger partial charge < -0.3 is 15.0 Å². The lowest BCUT2D eigenvalue weighted by molar-refractivity contribution is -0.183. The molecule has 0 aromatic heterocycles. The largest absolute Gasteiger partial charge is 0.442 e. The minimum Gasteiger partial charge on any atom is -0.442 e. The highest BCUT2D eigenvalue weighted by molar-refractivity contribution is 5.90. The van der Waals surface area contributed by atoms with Crippen LogP contribution in [0, 0.1) is 17.6 Å². The average Bonchev–Trinajstić information content (AvgIpc) is 3.57. The molecule has 3 aliphatic rings. The van der Waals surface area contributed by atoms with E-state index in [0.29, 0.717) is 0 Å². The summed E-state index contributed by atoms with van der Waals surface area (Å²) in [5.74, 6) is -2.72. The Bertz CT molecular complexity index is 926. The zero-order valence-corrected chi connectivity index (χ0v) is 18.1. The standard InChI is InChI=1S/C21H25F3N4O5.H2/c1-12(22)19(29)25-10-15-11-27(21(31)33-15)14-8-16(23)18(17(24)9-14)26-4-5-28(32-7-6-26)20(30)13-2-3-13;/h8-9,12-13,15H,2-7,10-11H2,1H3,(H,25,29);1H/t12?,15-;/m0./s1. The van der Waals surface area contributed by atoms with Crippen LogP contribution in [0.1, 0.15) is 21.2 Å². The fourth-order valence-corrected chi connectivity index (χ4v) is 3.78. The van der Waals surface area contributed by atoms with E-state index in [4.69, 9.17) is 9.57 Å². The Morgan fingerprint density at radius 3 is 2.55 bits per heavy atom. The third-order valence-electron chi connectivity index (χ3n) is 5.72. The van der Waals surface area contributed by atoms with Gasteiger partial charge in [-0.2, -0.15) is 0 Å². The summed E-state index contributed by atoms with van der Waals surface area (Å²) in [6.07, 6.45) is -1.67. The van der Waals surface area contributed by atoms with Gasteiger partial charge in [-0.25, -0.2) is 23.0 Å². The topological polar surface area (TPSA) is 91.4 Å². The van der Waals surface area contributed by atoms with Gasteiger partial charge in [0.1, 0.15) is 11.8 Å². The number of hydrogen-bond acceptors (Lipinski definition) is 6. The summed E-state index contributed by atoms with van der Waals surface area (Å²) < 4.78 is 48.0. The number of cyclic esters (lactones) is 1. The van der Waals surface area contributed by atoms with Crippen LogP contribution in [0.15, 0.2) is 12.1 Å². The van der Waals surface area contributed by atoms with Crippen LogP contribution in [0.5, 0.6) is 0 Å². The lowest BCUT2D eigenvalue weighted by atomic mass is 10.2. The molecule has 1 aromatic carbocycles. The van der Waals surface area contributed by atoms with Crippen molar-refractivity contribution >= 4 is 29.3 Å². The van der Waals surface area contributed by atoms with Gasteiger partial charge in [0.15, 0.2) is 17.8 Å². The van der Waals surface area contributed by atoms with Gasteiger partial charge in [0.2, 0.25) is 5.91 Å². The molecule has 0 radical (unpaired) electrons. The smallest absolute Gasteiger partial charge is 0.414 e. The van der Waals surface area contributed by atoms with E-state index in [2.05, 4.69) is 5.32 Å². The molecule has 1 unspecified atom stereocenters. The number of ether oxygens (including phenoxy) is 1. The first-order valence-corrected chi connectivity index (χ1v) is 10.8. The number of nitrogens with zero attached hydrogens (tertiary/aromatic N) is 3. The Hall–Kier alpha value is -3.02. The molecule has 3 fully saturated rings. The highest BCUT2D eigenvalue weighted by Crippen LogP contribution is 2.33. The average molecular weight is 472 g/mol. The second-order valence-electron chi connectivity index (χ2n) is 8.27. The molecular formula is C21H27F3N4O5. The summed E-state index contributed by atoms with van der Waals surface area (Å²) in [6.45, 7) is 1.54. The quantitative estimate of drug-likeness (QED) is 0.681. The van der Waals surface area contributed by atoms with E-state index >= 15 is 0 Å². The van der Waals surface area contributed by atoms with Crippen molar-refractivity contribution in [2.24, 2.45) is 5.92 Å². The van der Waals surface area contributed by atoms with E-state index in [9.17, 15) is 27.6 Å². The molecule has 0 spiro atoms. The van der Waals surface area contributed by atoms with E-state index in [0.717, 1.165) is 36.8 Å². The molecule has 12 heteroatoms. The van der Waals surface area contributed by atoms with Crippen LogP contribution in [0.4, 0.5) is 29.3 Å². The fourth-order valence-electron chi connectivity index (χ4n) is 3.78. The first-order chi connectivity index (χ1) is 15.7. The summed E-state index contributed by atoms with van der Waals surface area (Å²) in [5, 5.41) is 3.58. The number of alkyl halides is 1. The van der Waals surface area contributed by atoms with Gasteiger partial charge in [-0.3, -0.25) is 19.3 Å². The van der Waals surface area contributed by atoms with Crippen LogP contribution >= 0.6 is 0 Å². The SMILES string of the molecule is CC(F)C(=O)NC[C@H]1CN(c2cc(F)c(N3CCON(C(=O)C4CC4)CC3)c(F)c2)C(=O)O1.[HH]. The maximum Gasteiger partial charge on any atom is 0.414 e. The van der Waals surface area contributed by atoms with Crippen molar-refractivity contribution in [2.75, 3.05) is 49.1 Å².